The van der Waals surface area contributed by atoms with E-state index in [0.29, 0.717) is 12.0 Å². The second-order valence-electron chi connectivity index (χ2n) is 5.92. The van der Waals surface area contributed by atoms with Gasteiger partial charge in [-0.1, -0.05) is 0 Å². The quantitative estimate of drug-likeness (QED) is 0.613. The van der Waals surface area contributed by atoms with Crippen LogP contribution in [0.2, 0.25) is 0 Å². The molecule has 0 radical (unpaired) electrons. The predicted molar refractivity (Wildman–Crippen MR) is 89.3 cm³/mol. The molecule has 1 fully saturated rings. The molecule has 27 heavy (non-hydrogen) atoms. The second-order valence-corrected chi connectivity index (χ2v) is 5.92. The van der Waals surface area contributed by atoms with Gasteiger partial charge in [-0.2, -0.15) is 13.2 Å². The minimum Gasteiger partial charge on any atom is -0.370 e. The van der Waals surface area contributed by atoms with Gasteiger partial charge in [0.15, 0.2) is 11.5 Å². The number of carbonyl (C=O) groups is 2. The van der Waals surface area contributed by atoms with Crippen LogP contribution in [0.5, 0.6) is 0 Å². The Labute approximate surface area is 152 Å². The van der Waals surface area contributed by atoms with Crippen LogP contribution < -0.4 is 5.32 Å². The van der Waals surface area contributed by atoms with E-state index in [1.54, 1.807) is 0 Å². The van der Waals surface area contributed by atoms with Gasteiger partial charge in [0.1, 0.15) is 5.82 Å². The van der Waals surface area contributed by atoms with Crippen molar-refractivity contribution >= 4 is 17.6 Å². The lowest BCUT2D eigenvalue weighted by molar-refractivity contribution is -0.141. The number of likely N-dealkylation sites (tertiary alicyclic amines) is 1. The van der Waals surface area contributed by atoms with Gasteiger partial charge in [-0.25, -0.2) is 9.97 Å². The Kier molecular flexibility index (Phi) is 5.33. The fourth-order valence-electron chi connectivity index (χ4n) is 2.64. The van der Waals surface area contributed by atoms with Gasteiger partial charge in [-0.05, 0) is 18.6 Å². The van der Waals surface area contributed by atoms with Crippen molar-refractivity contribution in [2.24, 2.45) is 0 Å². The Hall–Kier alpha value is -3.04. The number of hydrogen-bond donors (Lipinski definition) is 1. The lowest BCUT2D eigenvalue weighted by Gasteiger charge is -2.15. The zero-order valence-corrected chi connectivity index (χ0v) is 14.2. The molecule has 0 atom stereocenters. The Balaban J connectivity index is 1.70. The van der Waals surface area contributed by atoms with Crippen LogP contribution in [0.15, 0.2) is 30.6 Å². The highest BCUT2D eigenvalue weighted by Crippen LogP contribution is 2.30. The summed E-state index contributed by atoms with van der Waals surface area (Å²) in [4.78, 5) is 35.8. The Bertz CT molecular complexity index is 826. The molecule has 3 heterocycles. The molecule has 3 rings (SSSR count). The van der Waals surface area contributed by atoms with Crippen molar-refractivity contribution in [2.75, 3.05) is 18.4 Å². The first-order chi connectivity index (χ1) is 12.8. The van der Waals surface area contributed by atoms with Gasteiger partial charge >= 0.3 is 6.18 Å². The summed E-state index contributed by atoms with van der Waals surface area (Å²) in [5.41, 5.74) is -0.649. The van der Waals surface area contributed by atoms with E-state index in [-0.39, 0.29) is 49.4 Å². The molecule has 10 heteroatoms. The van der Waals surface area contributed by atoms with Crippen LogP contribution >= 0.6 is 0 Å². The molecule has 2 aromatic rings. The summed E-state index contributed by atoms with van der Waals surface area (Å²) in [6.45, 7) is 0.472. The number of rotatable bonds is 6. The number of pyridine rings is 1. The van der Waals surface area contributed by atoms with E-state index in [0.717, 1.165) is 6.07 Å². The summed E-state index contributed by atoms with van der Waals surface area (Å²) in [5, 5.41) is 2.80. The van der Waals surface area contributed by atoms with E-state index in [2.05, 4.69) is 20.3 Å². The Morgan fingerprint density at radius 3 is 2.37 bits per heavy atom. The van der Waals surface area contributed by atoms with E-state index in [1.165, 1.54) is 29.4 Å². The lowest BCUT2D eigenvalue weighted by Crippen LogP contribution is -2.31. The van der Waals surface area contributed by atoms with Gasteiger partial charge < -0.3 is 5.32 Å². The predicted octanol–water partition coefficient (Wildman–Crippen LogP) is 2.51. The Morgan fingerprint density at radius 1 is 1.07 bits per heavy atom. The van der Waals surface area contributed by atoms with Crippen molar-refractivity contribution in [3.05, 3.63) is 36.3 Å². The van der Waals surface area contributed by atoms with Crippen molar-refractivity contribution in [2.45, 2.75) is 25.4 Å². The van der Waals surface area contributed by atoms with Crippen molar-refractivity contribution in [3.8, 4) is 11.4 Å². The van der Waals surface area contributed by atoms with Gasteiger partial charge in [-0.3, -0.25) is 19.5 Å². The monoisotopic (exact) mass is 379 g/mol. The number of hydrogen-bond acceptors (Lipinski definition) is 6. The fourth-order valence-corrected chi connectivity index (χ4v) is 2.64. The third kappa shape index (κ3) is 4.57. The van der Waals surface area contributed by atoms with Crippen LogP contribution in [0.3, 0.4) is 0 Å². The van der Waals surface area contributed by atoms with Crippen molar-refractivity contribution in [1.29, 1.82) is 0 Å². The number of halogens is 3. The molecule has 7 nitrogen and oxygen atoms in total. The minimum atomic E-state index is -4.62. The number of imide groups is 1. The summed E-state index contributed by atoms with van der Waals surface area (Å²) in [6.07, 6.45) is -0.917. The van der Waals surface area contributed by atoms with Crippen LogP contribution in [-0.2, 0) is 15.8 Å². The van der Waals surface area contributed by atoms with Gasteiger partial charge in [0, 0.05) is 50.0 Å². The number of alkyl halides is 3. The van der Waals surface area contributed by atoms with Gasteiger partial charge in [0.25, 0.3) is 0 Å². The van der Waals surface area contributed by atoms with Crippen LogP contribution in [0.4, 0.5) is 19.0 Å². The molecule has 0 unspecified atom stereocenters. The number of aromatic nitrogens is 3. The maximum absolute atomic E-state index is 13.1. The molecule has 0 aliphatic carbocycles. The lowest BCUT2D eigenvalue weighted by atomic mass is 10.2. The largest absolute Gasteiger partial charge is 0.433 e. The maximum atomic E-state index is 13.1. The van der Waals surface area contributed by atoms with E-state index in [1.807, 2.05) is 0 Å². The number of nitrogens with one attached hydrogen (secondary N) is 1. The zero-order valence-electron chi connectivity index (χ0n) is 14.2. The summed E-state index contributed by atoms with van der Waals surface area (Å²) in [6, 6.07) is 3.87. The molecule has 2 amide bonds. The highest BCUT2D eigenvalue weighted by Gasteiger charge is 2.34. The smallest absolute Gasteiger partial charge is 0.370 e. The van der Waals surface area contributed by atoms with Gasteiger partial charge in [-0.15, -0.1) is 0 Å². The first-order valence-corrected chi connectivity index (χ1v) is 8.28. The molecule has 0 saturated carbocycles. The summed E-state index contributed by atoms with van der Waals surface area (Å²) in [5.74, 6) is -0.495. The average Bonchev–Trinajstić information content (AvgIpc) is 2.97. The second kappa shape index (κ2) is 7.68. The summed E-state index contributed by atoms with van der Waals surface area (Å²) in [7, 11) is 0. The number of anilines is 1. The third-order valence-electron chi connectivity index (χ3n) is 3.97. The molecule has 1 aliphatic rings. The molecular weight excluding hydrogens is 363 g/mol. The zero-order chi connectivity index (χ0) is 19.4. The summed E-state index contributed by atoms with van der Waals surface area (Å²) >= 11 is 0. The fraction of sp³-hybridized carbons (Fsp3) is 0.353. The normalized spacial score (nSPS) is 14.7. The van der Waals surface area contributed by atoms with Crippen LogP contribution in [-0.4, -0.2) is 44.8 Å². The highest BCUT2D eigenvalue weighted by atomic mass is 19.4. The topological polar surface area (TPSA) is 88.1 Å². The molecule has 1 aliphatic heterocycles. The van der Waals surface area contributed by atoms with Crippen molar-refractivity contribution < 1.29 is 22.8 Å². The van der Waals surface area contributed by atoms with Crippen molar-refractivity contribution in [1.82, 2.24) is 19.9 Å². The van der Waals surface area contributed by atoms with E-state index >= 15 is 0 Å². The molecule has 1 saturated heterocycles. The standard InChI is InChI=1S/C17H16F3N5O2/c18-17(19,20)12-10-13(24-16(23-12)11-4-7-21-8-5-11)22-6-1-9-25-14(26)2-3-15(25)27/h4-5,7-8,10H,1-3,6,9H2,(H,22,23,24). The van der Waals surface area contributed by atoms with E-state index in [4.69, 9.17) is 0 Å². The number of carbonyl (C=O) groups excluding carboxylic acids is 2. The summed E-state index contributed by atoms with van der Waals surface area (Å²) < 4.78 is 39.4. The van der Waals surface area contributed by atoms with E-state index in [9.17, 15) is 22.8 Å². The van der Waals surface area contributed by atoms with E-state index < -0.39 is 11.9 Å². The van der Waals surface area contributed by atoms with Crippen molar-refractivity contribution in [3.63, 3.8) is 0 Å². The molecule has 1 N–H and O–H groups in total. The first-order valence-electron chi connectivity index (χ1n) is 8.28. The molecule has 142 valence electrons. The van der Waals surface area contributed by atoms with Crippen LogP contribution in [0.25, 0.3) is 11.4 Å². The third-order valence-corrected chi connectivity index (χ3v) is 3.97. The molecule has 0 aromatic carbocycles. The molecule has 2 aromatic heterocycles. The maximum Gasteiger partial charge on any atom is 0.433 e. The first kappa shape index (κ1) is 18.7. The number of amides is 2. The minimum absolute atomic E-state index is 0.0169. The van der Waals surface area contributed by atoms with Gasteiger partial charge in [0.05, 0.1) is 0 Å². The highest BCUT2D eigenvalue weighted by molar-refractivity contribution is 6.01. The molecule has 0 spiro atoms. The van der Waals surface area contributed by atoms with Crippen LogP contribution in [0, 0.1) is 0 Å². The average molecular weight is 379 g/mol. The molecular formula is C17H16F3N5O2. The van der Waals surface area contributed by atoms with Crippen LogP contribution in [0.1, 0.15) is 25.0 Å². The SMILES string of the molecule is O=C1CCC(=O)N1CCCNc1cc(C(F)(F)F)nc(-c2ccncc2)n1. The molecule has 0 bridgehead atoms. The van der Waals surface area contributed by atoms with Gasteiger partial charge in [0.2, 0.25) is 11.8 Å². The Morgan fingerprint density at radius 2 is 1.74 bits per heavy atom. The number of nitrogens with zero attached hydrogens (tertiary/aromatic N) is 4.